The largest absolute Gasteiger partial charge is 0.508 e. The number of phenols is 1. The third-order valence-corrected chi connectivity index (χ3v) is 7.85. The van der Waals surface area contributed by atoms with Gasteiger partial charge in [0.05, 0.1) is 5.54 Å². The maximum absolute atomic E-state index is 13.8. The van der Waals surface area contributed by atoms with Crippen LogP contribution in [0, 0.1) is 17.6 Å². The second kappa shape index (κ2) is 9.45. The van der Waals surface area contributed by atoms with Gasteiger partial charge >= 0.3 is 12.1 Å². The average molecular weight is 486 g/mol. The van der Waals surface area contributed by atoms with Crippen molar-refractivity contribution < 1.29 is 28.2 Å². The maximum Gasteiger partial charge on any atom is 0.418 e. The van der Waals surface area contributed by atoms with Gasteiger partial charge in [0.15, 0.2) is 11.6 Å². The molecule has 3 N–H and O–H groups in total. The molecule has 3 amide bonds. The molecule has 3 aliphatic rings. The standard InChI is InChI=1S/C26H29F2N3O4/c27-20-10-7-17(13-21(20)28)22-14-35-25(34)31(22)24(33)30-26(11-12-29-15-26)18-8-5-16(6-9-18)19-3-1-2-4-23(19)32/h1-4,7,10,13,16,18,22,29,32H,5-6,8-9,11-12,14-15H2,(H,30,33)/t16?,18?,22-,26+/m1/s1. The summed E-state index contributed by atoms with van der Waals surface area (Å²) in [7, 11) is 0. The van der Waals surface area contributed by atoms with E-state index in [4.69, 9.17) is 4.74 Å². The Hall–Kier alpha value is -3.20. The molecule has 3 fully saturated rings. The smallest absolute Gasteiger partial charge is 0.418 e. The Kier molecular flexibility index (Phi) is 6.35. The summed E-state index contributed by atoms with van der Waals surface area (Å²) < 4.78 is 32.4. The molecule has 1 aliphatic carbocycles. The Bertz CT molecular complexity index is 1110. The van der Waals surface area contributed by atoms with E-state index in [1.165, 1.54) is 6.07 Å². The highest BCUT2D eigenvalue weighted by molar-refractivity contribution is 5.93. The topological polar surface area (TPSA) is 90.9 Å². The monoisotopic (exact) mass is 485 g/mol. The van der Waals surface area contributed by atoms with Crippen LogP contribution in [0.5, 0.6) is 5.75 Å². The van der Waals surface area contributed by atoms with Gasteiger partial charge in [0.1, 0.15) is 18.4 Å². The number of carbonyl (C=O) groups is 2. The molecule has 0 radical (unpaired) electrons. The number of imide groups is 1. The number of cyclic esters (lactones) is 1. The van der Waals surface area contributed by atoms with Gasteiger partial charge in [0.25, 0.3) is 0 Å². The molecule has 2 saturated heterocycles. The van der Waals surface area contributed by atoms with E-state index in [1.807, 2.05) is 18.2 Å². The number of benzene rings is 2. The fourth-order valence-corrected chi connectivity index (χ4v) is 5.94. The maximum atomic E-state index is 13.8. The number of amides is 3. The summed E-state index contributed by atoms with van der Waals surface area (Å²) in [6, 6.07) is 9.34. The van der Waals surface area contributed by atoms with Gasteiger partial charge in [0.2, 0.25) is 0 Å². The lowest BCUT2D eigenvalue weighted by molar-refractivity contribution is 0.138. The number of para-hydroxylation sites is 1. The molecule has 0 aromatic heterocycles. The number of rotatable bonds is 4. The number of urea groups is 1. The summed E-state index contributed by atoms with van der Waals surface area (Å²) in [5.41, 5.74) is 0.733. The zero-order valence-electron chi connectivity index (χ0n) is 19.3. The first-order valence-electron chi connectivity index (χ1n) is 12.1. The molecule has 2 heterocycles. The van der Waals surface area contributed by atoms with Crippen molar-refractivity contribution in [3.63, 3.8) is 0 Å². The van der Waals surface area contributed by atoms with Gasteiger partial charge < -0.3 is 20.5 Å². The molecule has 1 saturated carbocycles. The molecule has 2 atom stereocenters. The third kappa shape index (κ3) is 4.45. The number of phenolic OH excluding ortho intramolecular Hbond substituents is 1. The summed E-state index contributed by atoms with van der Waals surface area (Å²) in [6.45, 7) is 1.22. The molecular weight excluding hydrogens is 456 g/mol. The third-order valence-electron chi connectivity index (χ3n) is 7.85. The van der Waals surface area contributed by atoms with Crippen molar-refractivity contribution in [2.24, 2.45) is 5.92 Å². The van der Waals surface area contributed by atoms with E-state index < -0.39 is 35.3 Å². The molecule has 2 aromatic rings. The molecular formula is C26H29F2N3O4. The lowest BCUT2D eigenvalue weighted by atomic mass is 9.69. The van der Waals surface area contributed by atoms with Crippen LogP contribution in [0.15, 0.2) is 42.5 Å². The molecule has 7 nitrogen and oxygen atoms in total. The first-order valence-corrected chi connectivity index (χ1v) is 12.1. The van der Waals surface area contributed by atoms with Crippen molar-refractivity contribution in [3.8, 4) is 5.75 Å². The number of ether oxygens (including phenoxy) is 1. The second-order valence-electron chi connectivity index (χ2n) is 9.76. The normalized spacial score (nSPS) is 28.7. The molecule has 35 heavy (non-hydrogen) atoms. The number of halogens is 2. The van der Waals surface area contributed by atoms with E-state index in [2.05, 4.69) is 10.6 Å². The van der Waals surface area contributed by atoms with E-state index in [9.17, 15) is 23.5 Å². The second-order valence-corrected chi connectivity index (χ2v) is 9.76. The van der Waals surface area contributed by atoms with E-state index in [-0.39, 0.29) is 18.4 Å². The Labute approximate surface area is 202 Å². The Morgan fingerprint density at radius 1 is 1.11 bits per heavy atom. The van der Waals surface area contributed by atoms with Crippen LogP contribution in [0.4, 0.5) is 18.4 Å². The zero-order valence-corrected chi connectivity index (χ0v) is 19.3. The average Bonchev–Trinajstić information content (AvgIpc) is 3.49. The summed E-state index contributed by atoms with van der Waals surface area (Å²) in [5, 5.41) is 16.7. The zero-order chi connectivity index (χ0) is 24.6. The van der Waals surface area contributed by atoms with Crippen molar-refractivity contribution in [1.29, 1.82) is 0 Å². The van der Waals surface area contributed by atoms with Crippen molar-refractivity contribution in [2.75, 3.05) is 19.7 Å². The minimum atomic E-state index is -1.04. The molecule has 5 rings (SSSR count). The van der Waals surface area contributed by atoms with E-state index in [0.717, 1.165) is 61.2 Å². The number of carbonyl (C=O) groups excluding carboxylic acids is 2. The van der Waals surface area contributed by atoms with Gasteiger partial charge in [0, 0.05) is 6.54 Å². The quantitative estimate of drug-likeness (QED) is 0.590. The lowest BCUT2D eigenvalue weighted by Gasteiger charge is -2.42. The predicted octanol–water partition coefficient (Wildman–Crippen LogP) is 4.58. The first kappa shape index (κ1) is 23.5. The molecule has 0 spiro atoms. The number of hydrogen-bond donors (Lipinski definition) is 3. The van der Waals surface area contributed by atoms with Gasteiger partial charge in [-0.1, -0.05) is 24.3 Å². The summed E-state index contributed by atoms with van der Waals surface area (Å²) in [6.07, 6.45) is 3.45. The van der Waals surface area contributed by atoms with Crippen LogP contribution in [0.2, 0.25) is 0 Å². The van der Waals surface area contributed by atoms with Crippen LogP contribution in [-0.2, 0) is 4.74 Å². The van der Waals surface area contributed by atoms with Crippen molar-refractivity contribution in [1.82, 2.24) is 15.5 Å². The highest BCUT2D eigenvalue weighted by atomic mass is 19.2. The van der Waals surface area contributed by atoms with E-state index in [1.54, 1.807) is 6.07 Å². The number of nitrogens with zero attached hydrogens (tertiary/aromatic N) is 1. The number of hydrogen-bond acceptors (Lipinski definition) is 5. The minimum absolute atomic E-state index is 0.117. The van der Waals surface area contributed by atoms with Crippen molar-refractivity contribution in [3.05, 3.63) is 65.2 Å². The Morgan fingerprint density at radius 2 is 1.89 bits per heavy atom. The van der Waals surface area contributed by atoms with Crippen molar-refractivity contribution >= 4 is 12.1 Å². The minimum Gasteiger partial charge on any atom is -0.508 e. The molecule has 0 unspecified atom stereocenters. The molecule has 9 heteroatoms. The lowest BCUT2D eigenvalue weighted by Crippen LogP contribution is -2.59. The predicted molar refractivity (Wildman–Crippen MR) is 124 cm³/mol. The highest BCUT2D eigenvalue weighted by Gasteiger charge is 2.47. The first-order chi connectivity index (χ1) is 16.9. The summed E-state index contributed by atoms with van der Waals surface area (Å²) >= 11 is 0. The van der Waals surface area contributed by atoms with Gasteiger partial charge in [-0.25, -0.2) is 23.3 Å². The van der Waals surface area contributed by atoms with E-state index in [0.29, 0.717) is 17.9 Å². The van der Waals surface area contributed by atoms with Gasteiger partial charge in [-0.3, -0.25) is 0 Å². The summed E-state index contributed by atoms with van der Waals surface area (Å²) in [5.74, 6) is -1.26. The number of aromatic hydroxyl groups is 1. The number of nitrogens with one attached hydrogen (secondary N) is 2. The van der Waals surface area contributed by atoms with Gasteiger partial charge in [-0.2, -0.15) is 0 Å². The Balaban J connectivity index is 1.31. The molecule has 0 bridgehead atoms. The van der Waals surface area contributed by atoms with Crippen LogP contribution in [0.25, 0.3) is 0 Å². The SMILES string of the molecule is O=C(N[C@@]1(C2CCC(c3ccccc3O)CC2)CCNC1)N1C(=O)OC[C@@H]1c1ccc(F)c(F)c1. The van der Waals surface area contributed by atoms with Gasteiger partial charge in [-0.05, 0) is 79.8 Å². The Morgan fingerprint density at radius 3 is 2.57 bits per heavy atom. The van der Waals surface area contributed by atoms with Crippen LogP contribution < -0.4 is 10.6 Å². The van der Waals surface area contributed by atoms with E-state index >= 15 is 0 Å². The van der Waals surface area contributed by atoms with Crippen LogP contribution >= 0.6 is 0 Å². The highest BCUT2D eigenvalue weighted by Crippen LogP contribution is 2.44. The van der Waals surface area contributed by atoms with Crippen molar-refractivity contribution in [2.45, 2.75) is 49.6 Å². The van der Waals surface area contributed by atoms with Crippen LogP contribution in [-0.4, -0.2) is 47.4 Å². The fourth-order valence-electron chi connectivity index (χ4n) is 5.94. The molecule has 2 aliphatic heterocycles. The fraction of sp³-hybridized carbons (Fsp3) is 0.462. The summed E-state index contributed by atoms with van der Waals surface area (Å²) in [4.78, 5) is 26.9. The van der Waals surface area contributed by atoms with Crippen LogP contribution in [0.3, 0.4) is 0 Å². The van der Waals surface area contributed by atoms with Gasteiger partial charge in [-0.15, -0.1) is 0 Å². The molecule has 186 valence electrons. The van der Waals surface area contributed by atoms with Crippen LogP contribution in [0.1, 0.15) is 55.2 Å². The molecule has 2 aromatic carbocycles.